The monoisotopic (exact) mass is 262 g/mol. The molecular weight excluding hydrogens is 240 g/mol. The minimum absolute atomic E-state index is 0.117. The maximum atomic E-state index is 12.1. The summed E-state index contributed by atoms with van der Waals surface area (Å²) in [4.78, 5) is 14.2. The Kier molecular flexibility index (Phi) is 4.80. The van der Waals surface area contributed by atoms with Gasteiger partial charge >= 0.3 is 5.97 Å². The van der Waals surface area contributed by atoms with Gasteiger partial charge in [-0.25, -0.2) is 4.79 Å². The fraction of sp³-hybridized carbons (Fsp3) is 0.533. The van der Waals surface area contributed by atoms with E-state index in [9.17, 15) is 4.79 Å². The third kappa shape index (κ3) is 3.07. The van der Waals surface area contributed by atoms with E-state index in [0.29, 0.717) is 13.2 Å². The molecule has 0 aromatic heterocycles. The van der Waals surface area contributed by atoms with Crippen LogP contribution in [-0.2, 0) is 16.1 Å². The Balaban J connectivity index is 2.26. The summed E-state index contributed by atoms with van der Waals surface area (Å²) < 4.78 is 5.19. The largest absolute Gasteiger partial charge is 0.464 e. The zero-order valence-corrected chi connectivity index (χ0v) is 11.5. The summed E-state index contributed by atoms with van der Waals surface area (Å²) in [5, 5.41) is 0. The average Bonchev–Trinajstić information content (AvgIpc) is 2.47. The highest BCUT2D eigenvalue weighted by molar-refractivity contribution is 5.80. The van der Waals surface area contributed by atoms with Gasteiger partial charge in [0, 0.05) is 18.8 Å². The van der Waals surface area contributed by atoms with Crippen molar-refractivity contribution in [2.45, 2.75) is 38.8 Å². The molecule has 0 radical (unpaired) electrons. The Labute approximate surface area is 114 Å². The summed E-state index contributed by atoms with van der Waals surface area (Å²) in [5.41, 5.74) is 7.95. The van der Waals surface area contributed by atoms with E-state index in [1.807, 2.05) is 31.2 Å². The summed E-state index contributed by atoms with van der Waals surface area (Å²) >= 11 is 0. The first-order valence-corrected chi connectivity index (χ1v) is 6.99. The molecule has 1 aromatic rings. The molecule has 2 N–H and O–H groups in total. The first-order valence-electron chi connectivity index (χ1n) is 6.99. The number of carbonyl (C=O) groups is 1. The van der Waals surface area contributed by atoms with Crippen molar-refractivity contribution in [3.05, 3.63) is 29.8 Å². The van der Waals surface area contributed by atoms with Crippen LogP contribution >= 0.6 is 0 Å². The van der Waals surface area contributed by atoms with Crippen molar-refractivity contribution in [1.82, 2.24) is 0 Å². The molecule has 1 heterocycles. The van der Waals surface area contributed by atoms with Crippen LogP contribution in [0.3, 0.4) is 0 Å². The third-order valence-corrected chi connectivity index (χ3v) is 3.58. The predicted octanol–water partition coefficient (Wildman–Crippen LogP) is 2.07. The molecule has 19 heavy (non-hydrogen) atoms. The van der Waals surface area contributed by atoms with Crippen molar-refractivity contribution in [1.29, 1.82) is 0 Å². The number of piperidine rings is 1. The van der Waals surface area contributed by atoms with E-state index in [1.165, 1.54) is 0 Å². The van der Waals surface area contributed by atoms with Crippen molar-refractivity contribution >= 4 is 11.7 Å². The van der Waals surface area contributed by atoms with Gasteiger partial charge in [0.25, 0.3) is 0 Å². The predicted molar refractivity (Wildman–Crippen MR) is 76.0 cm³/mol. The van der Waals surface area contributed by atoms with Gasteiger partial charge in [-0.3, -0.25) is 0 Å². The molecule has 1 unspecified atom stereocenters. The van der Waals surface area contributed by atoms with Gasteiger partial charge in [0.2, 0.25) is 0 Å². The third-order valence-electron chi connectivity index (χ3n) is 3.58. The molecule has 1 aliphatic rings. The Bertz CT molecular complexity index is 434. The molecule has 4 heteroatoms. The molecule has 2 rings (SSSR count). The van der Waals surface area contributed by atoms with Crippen molar-refractivity contribution in [2.24, 2.45) is 5.73 Å². The summed E-state index contributed by atoms with van der Waals surface area (Å²) in [5.74, 6) is -0.117. The fourth-order valence-corrected chi connectivity index (χ4v) is 2.67. The van der Waals surface area contributed by atoms with E-state index in [0.717, 1.165) is 37.1 Å². The summed E-state index contributed by atoms with van der Waals surface area (Å²) in [6.07, 6.45) is 3.04. The van der Waals surface area contributed by atoms with Crippen LogP contribution in [0.4, 0.5) is 5.69 Å². The van der Waals surface area contributed by atoms with Gasteiger partial charge in [-0.2, -0.15) is 0 Å². The lowest BCUT2D eigenvalue weighted by atomic mass is 9.99. The van der Waals surface area contributed by atoms with Gasteiger partial charge in [0.15, 0.2) is 0 Å². The van der Waals surface area contributed by atoms with Crippen LogP contribution in [-0.4, -0.2) is 25.2 Å². The molecule has 0 bridgehead atoms. The second kappa shape index (κ2) is 6.57. The molecule has 0 aliphatic carbocycles. The highest BCUT2D eigenvalue weighted by Crippen LogP contribution is 2.28. The van der Waals surface area contributed by atoms with Crippen molar-refractivity contribution < 1.29 is 9.53 Å². The lowest BCUT2D eigenvalue weighted by molar-refractivity contribution is -0.145. The topological polar surface area (TPSA) is 55.6 Å². The zero-order chi connectivity index (χ0) is 13.7. The van der Waals surface area contributed by atoms with Crippen molar-refractivity contribution in [2.75, 3.05) is 18.1 Å². The zero-order valence-electron chi connectivity index (χ0n) is 11.5. The van der Waals surface area contributed by atoms with Crippen LogP contribution in [0, 0.1) is 0 Å². The number of esters is 1. The van der Waals surface area contributed by atoms with Gasteiger partial charge in [0.05, 0.1) is 6.61 Å². The summed E-state index contributed by atoms with van der Waals surface area (Å²) in [6, 6.07) is 7.87. The normalized spacial score (nSPS) is 19.3. The molecule has 0 amide bonds. The number of para-hydroxylation sites is 1. The number of ether oxygens (including phenoxy) is 1. The molecular formula is C15H22N2O2. The van der Waals surface area contributed by atoms with Crippen LogP contribution in [0.15, 0.2) is 24.3 Å². The van der Waals surface area contributed by atoms with Gasteiger partial charge in [-0.1, -0.05) is 18.2 Å². The number of hydrogen-bond acceptors (Lipinski definition) is 4. The molecule has 1 aromatic carbocycles. The van der Waals surface area contributed by atoms with E-state index in [1.54, 1.807) is 0 Å². The molecule has 104 valence electrons. The average molecular weight is 262 g/mol. The van der Waals surface area contributed by atoms with Crippen LogP contribution in [0.25, 0.3) is 0 Å². The number of benzene rings is 1. The number of hydrogen-bond donors (Lipinski definition) is 1. The highest BCUT2D eigenvalue weighted by Gasteiger charge is 2.30. The Morgan fingerprint density at radius 3 is 2.95 bits per heavy atom. The molecule has 4 nitrogen and oxygen atoms in total. The summed E-state index contributed by atoms with van der Waals surface area (Å²) in [6.45, 7) is 3.66. The molecule has 1 fully saturated rings. The number of nitrogens with two attached hydrogens (primary N) is 1. The van der Waals surface area contributed by atoms with E-state index in [4.69, 9.17) is 10.5 Å². The Hall–Kier alpha value is -1.55. The van der Waals surface area contributed by atoms with E-state index >= 15 is 0 Å². The van der Waals surface area contributed by atoms with Crippen LogP contribution < -0.4 is 10.6 Å². The minimum Gasteiger partial charge on any atom is -0.464 e. The van der Waals surface area contributed by atoms with Gasteiger partial charge in [-0.05, 0) is 37.8 Å². The Morgan fingerprint density at radius 1 is 1.42 bits per heavy atom. The molecule has 0 saturated carbocycles. The van der Waals surface area contributed by atoms with Gasteiger partial charge in [0.1, 0.15) is 6.04 Å². The molecule has 1 aliphatic heterocycles. The van der Waals surface area contributed by atoms with Crippen LogP contribution in [0.5, 0.6) is 0 Å². The minimum atomic E-state index is -0.165. The second-order valence-corrected chi connectivity index (χ2v) is 4.79. The fourth-order valence-electron chi connectivity index (χ4n) is 2.67. The van der Waals surface area contributed by atoms with E-state index in [-0.39, 0.29) is 12.0 Å². The molecule has 1 saturated heterocycles. The lowest BCUT2D eigenvalue weighted by Gasteiger charge is -2.36. The second-order valence-electron chi connectivity index (χ2n) is 4.79. The van der Waals surface area contributed by atoms with Gasteiger partial charge in [-0.15, -0.1) is 0 Å². The number of anilines is 1. The summed E-state index contributed by atoms with van der Waals surface area (Å²) in [7, 11) is 0. The standard InChI is InChI=1S/C15H22N2O2/c1-2-19-15(18)14-9-5-6-10-17(14)13-8-4-3-7-12(13)11-16/h3-4,7-8,14H,2,5-6,9-11,16H2,1H3. The van der Waals surface area contributed by atoms with E-state index in [2.05, 4.69) is 4.90 Å². The number of rotatable bonds is 4. The lowest BCUT2D eigenvalue weighted by Crippen LogP contribution is -2.46. The van der Waals surface area contributed by atoms with Crippen LogP contribution in [0.1, 0.15) is 31.7 Å². The Morgan fingerprint density at radius 2 is 2.21 bits per heavy atom. The smallest absolute Gasteiger partial charge is 0.328 e. The van der Waals surface area contributed by atoms with Gasteiger partial charge < -0.3 is 15.4 Å². The quantitative estimate of drug-likeness (QED) is 0.844. The first-order chi connectivity index (χ1) is 9.27. The maximum absolute atomic E-state index is 12.1. The number of carbonyl (C=O) groups excluding carboxylic acids is 1. The van der Waals surface area contributed by atoms with Crippen LogP contribution in [0.2, 0.25) is 0 Å². The number of nitrogens with zero attached hydrogens (tertiary/aromatic N) is 1. The van der Waals surface area contributed by atoms with Crippen molar-refractivity contribution in [3.8, 4) is 0 Å². The molecule has 0 spiro atoms. The van der Waals surface area contributed by atoms with Crippen molar-refractivity contribution in [3.63, 3.8) is 0 Å². The SMILES string of the molecule is CCOC(=O)C1CCCCN1c1ccccc1CN. The molecule has 1 atom stereocenters. The first kappa shape index (κ1) is 13.9. The van der Waals surface area contributed by atoms with E-state index < -0.39 is 0 Å². The highest BCUT2D eigenvalue weighted by atomic mass is 16.5. The maximum Gasteiger partial charge on any atom is 0.328 e.